The first kappa shape index (κ1) is 10.1. The molecule has 2 heterocycles. The van der Waals surface area contributed by atoms with E-state index in [0.717, 1.165) is 30.9 Å². The van der Waals surface area contributed by atoms with Crippen LogP contribution in [0.5, 0.6) is 0 Å². The van der Waals surface area contributed by atoms with Crippen molar-refractivity contribution in [2.75, 3.05) is 31.1 Å². The normalized spacial score (nSPS) is 16.9. The molecule has 0 radical (unpaired) electrons. The first-order valence-electron chi connectivity index (χ1n) is 5.47. The van der Waals surface area contributed by atoms with Gasteiger partial charge in [0, 0.05) is 41.6 Å². The number of piperazine rings is 1. The standard InChI is InChI=1S/C12H13FN2S/c13-9-1-2-10-11(8-16-12(10)7-9)15-5-3-14-4-6-15/h1-2,7-8,14H,3-6H2. The molecule has 0 atom stereocenters. The lowest BCUT2D eigenvalue weighted by atomic mass is 10.2. The molecule has 16 heavy (non-hydrogen) atoms. The lowest BCUT2D eigenvalue weighted by Crippen LogP contribution is -2.43. The molecule has 1 aromatic carbocycles. The van der Waals surface area contributed by atoms with E-state index in [-0.39, 0.29) is 5.82 Å². The van der Waals surface area contributed by atoms with Crippen LogP contribution < -0.4 is 10.2 Å². The minimum absolute atomic E-state index is 0.152. The molecule has 0 saturated carbocycles. The minimum Gasteiger partial charge on any atom is -0.368 e. The molecule has 1 saturated heterocycles. The van der Waals surface area contributed by atoms with Gasteiger partial charge in [-0.15, -0.1) is 11.3 Å². The lowest BCUT2D eigenvalue weighted by Gasteiger charge is -2.28. The summed E-state index contributed by atoms with van der Waals surface area (Å²) < 4.78 is 14.1. The number of halogens is 1. The van der Waals surface area contributed by atoms with Crippen LogP contribution in [0.2, 0.25) is 0 Å². The van der Waals surface area contributed by atoms with Crippen LogP contribution >= 0.6 is 11.3 Å². The third-order valence-electron chi connectivity index (χ3n) is 2.97. The zero-order valence-corrected chi connectivity index (χ0v) is 9.69. The Bertz CT molecular complexity index is 503. The summed E-state index contributed by atoms with van der Waals surface area (Å²) >= 11 is 1.62. The third kappa shape index (κ3) is 1.68. The molecule has 0 unspecified atom stereocenters. The Balaban J connectivity index is 2.03. The average molecular weight is 236 g/mol. The number of rotatable bonds is 1. The predicted octanol–water partition coefficient (Wildman–Crippen LogP) is 2.45. The van der Waals surface area contributed by atoms with Crippen LogP contribution in [0.1, 0.15) is 0 Å². The average Bonchev–Trinajstić information content (AvgIpc) is 2.73. The molecule has 0 amide bonds. The van der Waals surface area contributed by atoms with Gasteiger partial charge in [0.1, 0.15) is 5.82 Å². The predicted molar refractivity (Wildman–Crippen MR) is 66.9 cm³/mol. The largest absolute Gasteiger partial charge is 0.368 e. The number of hydrogen-bond acceptors (Lipinski definition) is 3. The summed E-state index contributed by atoms with van der Waals surface area (Å²) in [6, 6.07) is 5.05. The van der Waals surface area contributed by atoms with Crippen LogP contribution in [0.3, 0.4) is 0 Å². The summed E-state index contributed by atoms with van der Waals surface area (Å²) in [5.74, 6) is -0.152. The van der Waals surface area contributed by atoms with Gasteiger partial charge in [-0.2, -0.15) is 0 Å². The van der Waals surface area contributed by atoms with Gasteiger partial charge in [0.25, 0.3) is 0 Å². The lowest BCUT2D eigenvalue weighted by molar-refractivity contribution is 0.590. The molecule has 0 aliphatic carbocycles. The van der Waals surface area contributed by atoms with Crippen LogP contribution in [-0.2, 0) is 0 Å². The molecule has 1 aromatic heterocycles. The van der Waals surface area contributed by atoms with Crippen molar-refractivity contribution in [1.29, 1.82) is 0 Å². The Morgan fingerprint density at radius 3 is 2.88 bits per heavy atom. The Morgan fingerprint density at radius 1 is 1.25 bits per heavy atom. The van der Waals surface area contributed by atoms with Gasteiger partial charge in [-0.1, -0.05) is 0 Å². The molecular formula is C12H13FN2S. The van der Waals surface area contributed by atoms with Crippen molar-refractivity contribution in [3.63, 3.8) is 0 Å². The molecule has 1 fully saturated rings. The number of nitrogens with zero attached hydrogens (tertiary/aromatic N) is 1. The van der Waals surface area contributed by atoms with Crippen LogP contribution in [0.15, 0.2) is 23.6 Å². The van der Waals surface area contributed by atoms with Gasteiger partial charge in [0.15, 0.2) is 0 Å². The molecule has 1 aliphatic heterocycles. The highest BCUT2D eigenvalue weighted by molar-refractivity contribution is 7.17. The van der Waals surface area contributed by atoms with E-state index < -0.39 is 0 Å². The van der Waals surface area contributed by atoms with Gasteiger partial charge in [-0.3, -0.25) is 0 Å². The van der Waals surface area contributed by atoms with Gasteiger partial charge in [-0.25, -0.2) is 4.39 Å². The number of thiophene rings is 1. The summed E-state index contributed by atoms with van der Waals surface area (Å²) in [6.07, 6.45) is 0. The fraction of sp³-hybridized carbons (Fsp3) is 0.333. The van der Waals surface area contributed by atoms with Crippen molar-refractivity contribution in [2.45, 2.75) is 0 Å². The topological polar surface area (TPSA) is 15.3 Å². The van der Waals surface area contributed by atoms with Crippen LogP contribution in [0.4, 0.5) is 10.1 Å². The summed E-state index contributed by atoms with van der Waals surface area (Å²) in [5, 5.41) is 6.64. The van der Waals surface area contributed by atoms with Gasteiger partial charge >= 0.3 is 0 Å². The van der Waals surface area contributed by atoms with Crippen LogP contribution in [0, 0.1) is 5.82 Å². The molecule has 84 valence electrons. The van der Waals surface area contributed by atoms with E-state index in [2.05, 4.69) is 15.6 Å². The van der Waals surface area contributed by atoms with E-state index in [1.54, 1.807) is 23.5 Å². The summed E-state index contributed by atoms with van der Waals surface area (Å²) in [4.78, 5) is 2.37. The molecule has 3 rings (SSSR count). The number of nitrogens with one attached hydrogen (secondary N) is 1. The Hall–Kier alpha value is -1.13. The van der Waals surface area contributed by atoms with E-state index in [9.17, 15) is 4.39 Å². The van der Waals surface area contributed by atoms with E-state index in [4.69, 9.17) is 0 Å². The maximum Gasteiger partial charge on any atom is 0.124 e. The number of hydrogen-bond donors (Lipinski definition) is 1. The minimum atomic E-state index is -0.152. The smallest absolute Gasteiger partial charge is 0.124 e. The van der Waals surface area contributed by atoms with Gasteiger partial charge in [0.05, 0.1) is 5.69 Å². The summed E-state index contributed by atoms with van der Waals surface area (Å²) in [6.45, 7) is 4.11. The summed E-state index contributed by atoms with van der Waals surface area (Å²) in [7, 11) is 0. The molecule has 0 bridgehead atoms. The van der Waals surface area contributed by atoms with E-state index >= 15 is 0 Å². The van der Waals surface area contributed by atoms with Crippen molar-refractivity contribution in [1.82, 2.24) is 5.32 Å². The maximum atomic E-state index is 13.1. The van der Waals surface area contributed by atoms with Gasteiger partial charge in [0.2, 0.25) is 0 Å². The number of benzene rings is 1. The van der Waals surface area contributed by atoms with E-state index in [0.29, 0.717) is 0 Å². The second-order valence-electron chi connectivity index (χ2n) is 4.00. The van der Waals surface area contributed by atoms with Gasteiger partial charge in [-0.05, 0) is 18.2 Å². The number of fused-ring (bicyclic) bond motifs is 1. The monoisotopic (exact) mass is 236 g/mol. The second-order valence-corrected chi connectivity index (χ2v) is 4.91. The third-order valence-corrected chi connectivity index (χ3v) is 3.91. The molecule has 4 heteroatoms. The molecule has 1 aliphatic rings. The second kappa shape index (κ2) is 4.03. The quantitative estimate of drug-likeness (QED) is 0.818. The molecule has 0 spiro atoms. The summed E-state index contributed by atoms with van der Waals surface area (Å²) in [5.41, 5.74) is 1.25. The van der Waals surface area contributed by atoms with Crippen LogP contribution in [-0.4, -0.2) is 26.2 Å². The molecule has 2 aromatic rings. The Morgan fingerprint density at radius 2 is 2.06 bits per heavy atom. The van der Waals surface area contributed by atoms with Crippen molar-refractivity contribution < 1.29 is 4.39 Å². The van der Waals surface area contributed by atoms with Crippen molar-refractivity contribution in [2.24, 2.45) is 0 Å². The van der Waals surface area contributed by atoms with E-state index in [1.165, 1.54) is 11.1 Å². The maximum absolute atomic E-state index is 13.1. The zero-order valence-electron chi connectivity index (χ0n) is 8.87. The number of anilines is 1. The van der Waals surface area contributed by atoms with Crippen molar-refractivity contribution in [3.05, 3.63) is 29.4 Å². The molecule has 2 nitrogen and oxygen atoms in total. The SMILES string of the molecule is Fc1ccc2c(N3CCNCC3)csc2c1. The zero-order chi connectivity index (χ0) is 11.0. The van der Waals surface area contributed by atoms with Crippen molar-refractivity contribution >= 4 is 27.1 Å². The fourth-order valence-corrected chi connectivity index (χ4v) is 3.13. The van der Waals surface area contributed by atoms with Crippen LogP contribution in [0.25, 0.3) is 10.1 Å². The Labute approximate surface area is 97.7 Å². The highest BCUT2D eigenvalue weighted by atomic mass is 32.1. The molecular weight excluding hydrogens is 223 g/mol. The highest BCUT2D eigenvalue weighted by Gasteiger charge is 2.14. The van der Waals surface area contributed by atoms with Crippen molar-refractivity contribution in [3.8, 4) is 0 Å². The fourth-order valence-electron chi connectivity index (χ4n) is 2.14. The first-order valence-corrected chi connectivity index (χ1v) is 6.35. The van der Waals surface area contributed by atoms with Gasteiger partial charge < -0.3 is 10.2 Å². The highest BCUT2D eigenvalue weighted by Crippen LogP contribution is 2.33. The Kier molecular flexibility index (Phi) is 2.53. The molecule has 1 N–H and O–H groups in total. The van der Waals surface area contributed by atoms with E-state index in [1.807, 2.05) is 6.07 Å². The first-order chi connectivity index (χ1) is 7.84.